The van der Waals surface area contributed by atoms with Gasteiger partial charge in [-0.25, -0.2) is 0 Å². The second kappa shape index (κ2) is 9.30. The van der Waals surface area contributed by atoms with Gasteiger partial charge in [0.1, 0.15) is 5.69 Å². The lowest BCUT2D eigenvalue weighted by Crippen LogP contribution is -2.46. The van der Waals surface area contributed by atoms with Gasteiger partial charge in [0.15, 0.2) is 0 Å². The molecule has 1 aromatic rings. The number of piperidine rings is 1. The number of aromatic nitrogens is 1. The molecule has 1 saturated heterocycles. The van der Waals surface area contributed by atoms with Gasteiger partial charge in [-0.1, -0.05) is 0 Å². The predicted octanol–water partition coefficient (Wildman–Crippen LogP) is 1.62. The minimum atomic E-state index is -0.141. The van der Waals surface area contributed by atoms with Crippen molar-refractivity contribution in [1.82, 2.24) is 14.8 Å². The molecule has 2 rings (SSSR count). The number of carbonyl (C=O) groups excluding carboxylic acids is 2. The average Bonchev–Trinajstić information content (AvgIpc) is 2.92. The van der Waals surface area contributed by atoms with Crippen molar-refractivity contribution >= 4 is 40.2 Å². The third-order valence-corrected chi connectivity index (χ3v) is 4.38. The van der Waals surface area contributed by atoms with E-state index in [0.717, 1.165) is 23.9 Å². The third-order valence-electron chi connectivity index (χ3n) is 3.95. The molecule has 1 fully saturated rings. The SMILES string of the molecule is CCn1cc(Br)cc1C(=O)N1CCCC(C(=O)NCCN)C1.Cl. The first-order valence-electron chi connectivity index (χ1n) is 7.69. The van der Waals surface area contributed by atoms with Crippen LogP contribution in [0.4, 0.5) is 0 Å². The average molecular weight is 408 g/mol. The highest BCUT2D eigenvalue weighted by molar-refractivity contribution is 9.10. The van der Waals surface area contributed by atoms with Crippen LogP contribution in [0, 0.1) is 5.92 Å². The van der Waals surface area contributed by atoms with Gasteiger partial charge in [0.25, 0.3) is 5.91 Å². The lowest BCUT2D eigenvalue weighted by atomic mass is 9.97. The summed E-state index contributed by atoms with van der Waals surface area (Å²) in [6.45, 7) is 4.82. The number of hydrogen-bond donors (Lipinski definition) is 2. The summed E-state index contributed by atoms with van der Waals surface area (Å²) in [5.41, 5.74) is 6.07. The number of amides is 2. The van der Waals surface area contributed by atoms with Crippen LogP contribution in [-0.4, -0.2) is 47.5 Å². The van der Waals surface area contributed by atoms with Crippen molar-refractivity contribution < 1.29 is 9.59 Å². The van der Waals surface area contributed by atoms with Crippen molar-refractivity contribution in [2.75, 3.05) is 26.2 Å². The van der Waals surface area contributed by atoms with Crippen molar-refractivity contribution in [2.24, 2.45) is 11.7 Å². The van der Waals surface area contributed by atoms with E-state index in [4.69, 9.17) is 5.73 Å². The molecule has 1 aromatic heterocycles. The van der Waals surface area contributed by atoms with E-state index in [2.05, 4.69) is 21.2 Å². The van der Waals surface area contributed by atoms with E-state index in [1.165, 1.54) is 0 Å². The highest BCUT2D eigenvalue weighted by Crippen LogP contribution is 2.21. The van der Waals surface area contributed by atoms with Crippen molar-refractivity contribution in [2.45, 2.75) is 26.3 Å². The molecule has 0 bridgehead atoms. The van der Waals surface area contributed by atoms with Gasteiger partial charge < -0.3 is 20.5 Å². The Morgan fingerprint density at radius 2 is 2.22 bits per heavy atom. The first-order valence-corrected chi connectivity index (χ1v) is 8.48. The van der Waals surface area contributed by atoms with Crippen molar-refractivity contribution in [3.05, 3.63) is 22.4 Å². The van der Waals surface area contributed by atoms with E-state index < -0.39 is 0 Å². The quantitative estimate of drug-likeness (QED) is 0.778. The second-order valence-electron chi connectivity index (χ2n) is 5.50. The number of nitrogens with two attached hydrogens (primary N) is 1. The van der Waals surface area contributed by atoms with Crippen LogP contribution >= 0.6 is 28.3 Å². The van der Waals surface area contributed by atoms with E-state index in [-0.39, 0.29) is 30.1 Å². The van der Waals surface area contributed by atoms with Gasteiger partial charge in [-0.3, -0.25) is 9.59 Å². The molecule has 1 aliphatic heterocycles. The molecule has 2 heterocycles. The highest BCUT2D eigenvalue weighted by atomic mass is 79.9. The first kappa shape index (κ1) is 20.0. The van der Waals surface area contributed by atoms with Crippen molar-refractivity contribution in [3.63, 3.8) is 0 Å². The Labute approximate surface area is 151 Å². The van der Waals surface area contributed by atoms with Gasteiger partial charge in [0, 0.05) is 43.4 Å². The van der Waals surface area contributed by atoms with Gasteiger partial charge in [0.05, 0.1) is 5.92 Å². The summed E-state index contributed by atoms with van der Waals surface area (Å²) >= 11 is 3.41. The number of nitrogens with one attached hydrogen (secondary N) is 1. The van der Waals surface area contributed by atoms with Crippen LogP contribution in [0.5, 0.6) is 0 Å². The Hall–Kier alpha value is -1.05. The van der Waals surface area contributed by atoms with Crippen LogP contribution < -0.4 is 11.1 Å². The number of rotatable bonds is 5. The van der Waals surface area contributed by atoms with E-state index in [0.29, 0.717) is 31.9 Å². The summed E-state index contributed by atoms with van der Waals surface area (Å²) in [7, 11) is 0. The van der Waals surface area contributed by atoms with Gasteiger partial charge in [-0.15, -0.1) is 12.4 Å². The fourth-order valence-corrected chi connectivity index (χ4v) is 3.26. The van der Waals surface area contributed by atoms with Crippen molar-refractivity contribution in [1.29, 1.82) is 0 Å². The zero-order valence-corrected chi connectivity index (χ0v) is 15.7. The molecule has 6 nitrogen and oxygen atoms in total. The minimum Gasteiger partial charge on any atom is -0.355 e. The molecular weight excluding hydrogens is 384 g/mol. The predicted molar refractivity (Wildman–Crippen MR) is 95.7 cm³/mol. The molecule has 3 N–H and O–H groups in total. The molecule has 23 heavy (non-hydrogen) atoms. The minimum absolute atomic E-state index is 0. The topological polar surface area (TPSA) is 80.4 Å². The lowest BCUT2D eigenvalue weighted by Gasteiger charge is -2.32. The Morgan fingerprint density at radius 3 is 2.87 bits per heavy atom. The number of nitrogens with zero attached hydrogens (tertiary/aromatic N) is 2. The number of aryl methyl sites for hydroxylation is 1. The summed E-state index contributed by atoms with van der Waals surface area (Å²) in [5.74, 6) is -0.156. The largest absolute Gasteiger partial charge is 0.355 e. The number of hydrogen-bond acceptors (Lipinski definition) is 3. The molecule has 1 atom stereocenters. The van der Waals surface area contributed by atoms with Crippen LogP contribution in [0.15, 0.2) is 16.7 Å². The normalized spacial score (nSPS) is 17.5. The van der Waals surface area contributed by atoms with E-state index in [1.54, 1.807) is 4.90 Å². The Kier molecular flexibility index (Phi) is 8.08. The van der Waals surface area contributed by atoms with Crippen LogP contribution in [0.2, 0.25) is 0 Å². The van der Waals surface area contributed by atoms with Crippen molar-refractivity contribution in [3.8, 4) is 0 Å². The Bertz CT molecular complexity index is 550. The molecule has 0 radical (unpaired) electrons. The van der Waals surface area contributed by atoms with Gasteiger partial charge in [-0.2, -0.15) is 0 Å². The Balaban J connectivity index is 0.00000264. The molecule has 8 heteroatoms. The van der Waals surface area contributed by atoms with Gasteiger partial charge in [-0.05, 0) is 41.8 Å². The summed E-state index contributed by atoms with van der Waals surface area (Å²) in [6, 6.07) is 1.84. The van der Waals surface area contributed by atoms with Gasteiger partial charge in [0.2, 0.25) is 5.91 Å². The number of carbonyl (C=O) groups is 2. The summed E-state index contributed by atoms with van der Waals surface area (Å²) in [6.07, 6.45) is 3.57. The summed E-state index contributed by atoms with van der Waals surface area (Å²) in [4.78, 5) is 26.6. The fraction of sp³-hybridized carbons (Fsp3) is 0.600. The Morgan fingerprint density at radius 1 is 1.48 bits per heavy atom. The van der Waals surface area contributed by atoms with Gasteiger partial charge >= 0.3 is 0 Å². The van der Waals surface area contributed by atoms with Crippen LogP contribution in [0.1, 0.15) is 30.3 Å². The van der Waals surface area contributed by atoms with Crippen LogP contribution in [0.25, 0.3) is 0 Å². The highest BCUT2D eigenvalue weighted by Gasteiger charge is 2.29. The molecule has 2 amide bonds. The molecule has 0 aromatic carbocycles. The van der Waals surface area contributed by atoms with E-state index in [9.17, 15) is 9.59 Å². The van der Waals surface area contributed by atoms with E-state index in [1.807, 2.05) is 23.8 Å². The summed E-state index contributed by atoms with van der Waals surface area (Å²) in [5, 5.41) is 2.81. The first-order chi connectivity index (χ1) is 10.6. The number of likely N-dealkylation sites (tertiary alicyclic amines) is 1. The molecule has 1 unspecified atom stereocenters. The fourth-order valence-electron chi connectivity index (χ4n) is 2.79. The zero-order valence-electron chi connectivity index (χ0n) is 13.3. The third kappa shape index (κ3) is 4.96. The second-order valence-corrected chi connectivity index (χ2v) is 6.42. The summed E-state index contributed by atoms with van der Waals surface area (Å²) < 4.78 is 2.82. The molecular formula is C15H24BrClN4O2. The molecule has 130 valence electrons. The maximum atomic E-state index is 12.7. The van der Waals surface area contributed by atoms with E-state index >= 15 is 0 Å². The van der Waals surface area contributed by atoms with Crippen LogP contribution in [-0.2, 0) is 11.3 Å². The molecule has 0 saturated carbocycles. The monoisotopic (exact) mass is 406 g/mol. The smallest absolute Gasteiger partial charge is 0.270 e. The molecule has 0 aliphatic carbocycles. The molecule has 0 spiro atoms. The lowest BCUT2D eigenvalue weighted by molar-refractivity contribution is -0.126. The maximum absolute atomic E-state index is 12.7. The maximum Gasteiger partial charge on any atom is 0.270 e. The zero-order chi connectivity index (χ0) is 16.1. The van der Waals surface area contributed by atoms with Crippen LogP contribution in [0.3, 0.4) is 0 Å². The standard InChI is InChI=1S/C15H23BrN4O2.ClH/c1-2-19-10-12(16)8-13(19)15(22)20-7-3-4-11(9-20)14(21)18-6-5-17;/h8,10-11H,2-7,9,17H2,1H3,(H,18,21);1H. The number of halogens is 2. The molecule has 1 aliphatic rings.